The summed E-state index contributed by atoms with van der Waals surface area (Å²) in [5.41, 5.74) is 3.41. The number of hydrogen-bond donors (Lipinski definition) is 1. The van der Waals surface area contributed by atoms with Crippen LogP contribution in [0.3, 0.4) is 0 Å². The molecule has 0 fully saturated rings. The van der Waals surface area contributed by atoms with E-state index in [1.54, 1.807) is 6.92 Å². The predicted molar refractivity (Wildman–Crippen MR) is 85.3 cm³/mol. The molecule has 5 nitrogen and oxygen atoms in total. The van der Waals surface area contributed by atoms with Gasteiger partial charge < -0.3 is 9.47 Å². The van der Waals surface area contributed by atoms with Gasteiger partial charge in [-0.15, -0.1) is 0 Å². The van der Waals surface area contributed by atoms with Crippen LogP contribution < -0.4 is 14.9 Å². The van der Waals surface area contributed by atoms with Gasteiger partial charge in [0.25, 0.3) is 5.91 Å². The molecule has 0 bridgehead atoms. The molecule has 2 aromatic carbocycles. The number of carbonyl (C=O) groups is 1. The number of halogens is 3. The van der Waals surface area contributed by atoms with E-state index >= 15 is 0 Å². The van der Waals surface area contributed by atoms with Crippen molar-refractivity contribution in [1.82, 2.24) is 5.43 Å². The summed E-state index contributed by atoms with van der Waals surface area (Å²) in [6.07, 6.45) is 0. The zero-order chi connectivity index (χ0) is 18.2. The van der Waals surface area contributed by atoms with Gasteiger partial charge in [-0.3, -0.25) is 4.79 Å². The molecule has 1 amide bonds. The first kappa shape index (κ1) is 18.3. The van der Waals surface area contributed by atoms with Crippen molar-refractivity contribution >= 4 is 11.6 Å². The van der Waals surface area contributed by atoms with Crippen molar-refractivity contribution in [3.8, 4) is 11.5 Å². The third kappa shape index (κ3) is 6.17. The lowest BCUT2D eigenvalue weighted by Gasteiger charge is -2.07. The Morgan fingerprint density at radius 2 is 1.68 bits per heavy atom. The van der Waals surface area contributed by atoms with Crippen LogP contribution in [0.1, 0.15) is 12.5 Å². The summed E-state index contributed by atoms with van der Waals surface area (Å²) in [6, 6.07) is 11.1. The lowest BCUT2D eigenvalue weighted by molar-refractivity contribution is -0.123. The maximum Gasteiger partial charge on any atom is 0.387 e. The van der Waals surface area contributed by atoms with Crippen molar-refractivity contribution < 1.29 is 27.4 Å². The Morgan fingerprint density at radius 1 is 1.08 bits per heavy atom. The normalized spacial score (nSPS) is 11.3. The zero-order valence-electron chi connectivity index (χ0n) is 13.2. The summed E-state index contributed by atoms with van der Waals surface area (Å²) in [6.45, 7) is -1.53. The summed E-state index contributed by atoms with van der Waals surface area (Å²) >= 11 is 0. The van der Waals surface area contributed by atoms with E-state index in [4.69, 9.17) is 4.74 Å². The first-order valence-corrected chi connectivity index (χ1v) is 7.21. The minimum absolute atomic E-state index is 0.0308. The van der Waals surface area contributed by atoms with Gasteiger partial charge in [-0.25, -0.2) is 9.82 Å². The molecule has 0 atom stereocenters. The first-order chi connectivity index (χ1) is 11.9. The summed E-state index contributed by atoms with van der Waals surface area (Å²) < 4.78 is 46.3. The van der Waals surface area contributed by atoms with Gasteiger partial charge in [-0.1, -0.05) is 0 Å². The topological polar surface area (TPSA) is 59.9 Å². The van der Waals surface area contributed by atoms with Crippen LogP contribution in [0.4, 0.5) is 13.2 Å². The van der Waals surface area contributed by atoms with Gasteiger partial charge in [0, 0.05) is 0 Å². The summed E-state index contributed by atoms with van der Waals surface area (Å²) in [4.78, 5) is 11.7. The van der Waals surface area contributed by atoms with Gasteiger partial charge >= 0.3 is 6.61 Å². The number of hydrazone groups is 1. The quantitative estimate of drug-likeness (QED) is 0.614. The van der Waals surface area contributed by atoms with Gasteiger partial charge in [0.1, 0.15) is 17.3 Å². The van der Waals surface area contributed by atoms with Crippen LogP contribution in [0, 0.1) is 5.82 Å². The van der Waals surface area contributed by atoms with E-state index in [0.717, 1.165) is 0 Å². The number of rotatable bonds is 7. The second-order valence-corrected chi connectivity index (χ2v) is 4.88. The monoisotopic (exact) mass is 352 g/mol. The van der Waals surface area contributed by atoms with E-state index in [-0.39, 0.29) is 12.4 Å². The fraction of sp³-hybridized carbons (Fsp3) is 0.176. The summed E-state index contributed by atoms with van der Waals surface area (Å²) in [5, 5.41) is 3.90. The predicted octanol–water partition coefficient (Wildman–Crippen LogP) is 3.35. The number of alkyl halides is 2. The highest BCUT2D eigenvalue weighted by atomic mass is 19.3. The van der Waals surface area contributed by atoms with Crippen LogP contribution in [0.2, 0.25) is 0 Å². The highest BCUT2D eigenvalue weighted by Gasteiger charge is 2.06. The number of nitrogens with zero attached hydrogens (tertiary/aromatic N) is 1. The maximum absolute atomic E-state index is 12.7. The van der Waals surface area contributed by atoms with E-state index in [9.17, 15) is 18.0 Å². The molecule has 0 saturated heterocycles. The van der Waals surface area contributed by atoms with Crippen molar-refractivity contribution in [1.29, 1.82) is 0 Å². The second kappa shape index (κ2) is 8.72. The van der Waals surface area contributed by atoms with Crippen LogP contribution in [0.25, 0.3) is 0 Å². The third-order valence-electron chi connectivity index (χ3n) is 3.03. The molecule has 0 heterocycles. The largest absolute Gasteiger partial charge is 0.484 e. The average molecular weight is 352 g/mol. The van der Waals surface area contributed by atoms with Gasteiger partial charge in [0.2, 0.25) is 0 Å². The number of carbonyl (C=O) groups excluding carboxylic acids is 1. The van der Waals surface area contributed by atoms with Gasteiger partial charge in [-0.2, -0.15) is 13.9 Å². The molecule has 25 heavy (non-hydrogen) atoms. The van der Waals surface area contributed by atoms with E-state index in [1.807, 2.05) is 0 Å². The van der Waals surface area contributed by atoms with Crippen LogP contribution in [0.5, 0.6) is 11.5 Å². The number of hydrogen-bond acceptors (Lipinski definition) is 4. The molecule has 0 radical (unpaired) electrons. The first-order valence-electron chi connectivity index (χ1n) is 7.21. The standard InChI is InChI=1S/C17H15F3N2O3/c1-11(12-2-6-15(7-3-12)25-17(19)20)21-22-16(23)10-24-14-8-4-13(18)5-9-14/h2-9,17H,10H2,1H3,(H,22,23). The Morgan fingerprint density at radius 3 is 2.28 bits per heavy atom. The summed E-state index contributed by atoms with van der Waals surface area (Å²) in [7, 11) is 0. The Kier molecular flexibility index (Phi) is 6.39. The van der Waals surface area contributed by atoms with Crippen molar-refractivity contribution in [3.63, 3.8) is 0 Å². The van der Waals surface area contributed by atoms with Crippen LogP contribution in [0.15, 0.2) is 53.6 Å². The van der Waals surface area contributed by atoms with Gasteiger partial charge in [-0.05, 0) is 61.0 Å². The zero-order valence-corrected chi connectivity index (χ0v) is 13.2. The Labute approximate surface area is 142 Å². The lowest BCUT2D eigenvalue weighted by atomic mass is 10.1. The minimum Gasteiger partial charge on any atom is -0.484 e. The number of amides is 1. The Bertz CT molecular complexity index is 732. The average Bonchev–Trinajstić information content (AvgIpc) is 2.59. The molecule has 2 aromatic rings. The van der Waals surface area contributed by atoms with Crippen LogP contribution >= 0.6 is 0 Å². The van der Waals surface area contributed by atoms with E-state index in [2.05, 4.69) is 15.3 Å². The molecule has 0 aliphatic heterocycles. The fourth-order valence-electron chi connectivity index (χ4n) is 1.80. The molecule has 0 aliphatic rings. The van der Waals surface area contributed by atoms with Crippen molar-refractivity contribution in [3.05, 3.63) is 59.9 Å². The molecule has 0 aromatic heterocycles. The van der Waals surface area contributed by atoms with Gasteiger partial charge in [0.05, 0.1) is 5.71 Å². The van der Waals surface area contributed by atoms with E-state index in [0.29, 0.717) is 17.0 Å². The van der Waals surface area contributed by atoms with Crippen LogP contribution in [-0.4, -0.2) is 24.8 Å². The molecule has 0 saturated carbocycles. The molecule has 1 N–H and O–H groups in total. The van der Waals surface area contributed by atoms with Crippen LogP contribution in [-0.2, 0) is 4.79 Å². The SMILES string of the molecule is CC(=NNC(=O)COc1ccc(F)cc1)c1ccc(OC(F)F)cc1. The molecule has 8 heteroatoms. The number of ether oxygens (including phenoxy) is 2. The van der Waals surface area contributed by atoms with Crippen molar-refractivity contribution in [2.24, 2.45) is 5.10 Å². The van der Waals surface area contributed by atoms with Crippen molar-refractivity contribution in [2.45, 2.75) is 13.5 Å². The highest BCUT2D eigenvalue weighted by molar-refractivity contribution is 5.99. The molecule has 0 spiro atoms. The minimum atomic E-state index is -2.89. The third-order valence-corrected chi connectivity index (χ3v) is 3.03. The number of nitrogens with one attached hydrogen (secondary N) is 1. The Hall–Kier alpha value is -3.03. The second-order valence-electron chi connectivity index (χ2n) is 4.88. The van der Waals surface area contributed by atoms with Gasteiger partial charge in [0.15, 0.2) is 6.61 Å². The molecule has 2 rings (SSSR count). The Balaban J connectivity index is 1.85. The molecular weight excluding hydrogens is 337 g/mol. The highest BCUT2D eigenvalue weighted by Crippen LogP contribution is 2.15. The van der Waals surface area contributed by atoms with E-state index < -0.39 is 18.3 Å². The lowest BCUT2D eigenvalue weighted by Crippen LogP contribution is -2.25. The number of benzene rings is 2. The maximum atomic E-state index is 12.7. The van der Waals surface area contributed by atoms with E-state index in [1.165, 1.54) is 48.5 Å². The van der Waals surface area contributed by atoms with Crippen molar-refractivity contribution in [2.75, 3.05) is 6.61 Å². The molecule has 0 unspecified atom stereocenters. The fourth-order valence-corrected chi connectivity index (χ4v) is 1.80. The summed E-state index contributed by atoms with van der Waals surface area (Å²) in [5.74, 6) is -0.515. The molecule has 132 valence electrons. The smallest absolute Gasteiger partial charge is 0.387 e. The molecule has 0 aliphatic carbocycles. The molecular formula is C17H15F3N2O3.